The van der Waals surface area contributed by atoms with Crippen molar-refractivity contribution in [2.24, 2.45) is 5.41 Å². The fraction of sp³-hybridized carbons (Fsp3) is 0.636. The number of nitrogens with one attached hydrogen (secondary N) is 1. The lowest BCUT2D eigenvalue weighted by Crippen LogP contribution is -2.64. The molecule has 0 radical (unpaired) electrons. The second-order valence-electron chi connectivity index (χ2n) is 8.99. The second-order valence-corrected chi connectivity index (χ2v) is 8.99. The van der Waals surface area contributed by atoms with Gasteiger partial charge < -0.3 is 20.2 Å². The standard InChI is InChI=1S/C22H34N4O5/c1-6-24(7-2)19(27)16-10-11-17(18(14-16)26(30)31)23-15-22(21(3,4)5)12-8-9-13-25(22)20(28)29/h10-11,14,23H,6-9,12-13,15H2,1-5H3,(H,28,29)/t22-/m0/s1. The van der Waals surface area contributed by atoms with Gasteiger partial charge in [0.25, 0.3) is 11.6 Å². The zero-order valence-corrected chi connectivity index (χ0v) is 19.1. The van der Waals surface area contributed by atoms with Crippen LogP contribution in [0.5, 0.6) is 0 Å². The zero-order chi connectivity index (χ0) is 23.4. The van der Waals surface area contributed by atoms with Crippen LogP contribution >= 0.6 is 0 Å². The van der Waals surface area contributed by atoms with Crippen molar-refractivity contribution in [3.63, 3.8) is 0 Å². The Balaban J connectivity index is 2.39. The molecular formula is C22H34N4O5. The number of nitrogens with zero attached hydrogens (tertiary/aromatic N) is 3. The van der Waals surface area contributed by atoms with Crippen LogP contribution in [0, 0.1) is 15.5 Å². The number of piperidine rings is 1. The molecular weight excluding hydrogens is 400 g/mol. The SMILES string of the molecule is CCN(CC)C(=O)c1ccc(NC[C@]2(C(C)(C)C)CCCCN2C(=O)O)c([N+](=O)[O-])c1. The summed E-state index contributed by atoms with van der Waals surface area (Å²) in [6.45, 7) is 11.4. The quantitative estimate of drug-likeness (QED) is 0.484. The lowest BCUT2D eigenvalue weighted by atomic mass is 9.67. The maximum absolute atomic E-state index is 12.6. The minimum absolute atomic E-state index is 0.195. The summed E-state index contributed by atoms with van der Waals surface area (Å²) < 4.78 is 0. The Labute approximate surface area is 183 Å². The lowest BCUT2D eigenvalue weighted by molar-refractivity contribution is -0.384. The summed E-state index contributed by atoms with van der Waals surface area (Å²) in [5, 5.41) is 24.7. The topological polar surface area (TPSA) is 116 Å². The maximum Gasteiger partial charge on any atom is 0.407 e. The van der Waals surface area contributed by atoms with E-state index in [0.29, 0.717) is 26.1 Å². The Kier molecular flexibility index (Phi) is 7.51. The Hall–Kier alpha value is -2.84. The molecule has 1 aromatic carbocycles. The molecule has 0 unspecified atom stereocenters. The van der Waals surface area contributed by atoms with Gasteiger partial charge in [0.05, 0.1) is 10.5 Å². The molecule has 9 heteroatoms. The molecule has 0 saturated carbocycles. The predicted molar refractivity (Wildman–Crippen MR) is 120 cm³/mol. The van der Waals surface area contributed by atoms with Crippen LogP contribution in [0.25, 0.3) is 0 Å². The zero-order valence-electron chi connectivity index (χ0n) is 19.1. The first-order chi connectivity index (χ1) is 14.5. The molecule has 0 aromatic heterocycles. The number of carboxylic acid groups (broad SMARTS) is 1. The van der Waals surface area contributed by atoms with Crippen LogP contribution in [0.15, 0.2) is 18.2 Å². The van der Waals surface area contributed by atoms with Crippen molar-refractivity contribution in [1.29, 1.82) is 0 Å². The van der Waals surface area contributed by atoms with E-state index >= 15 is 0 Å². The molecule has 31 heavy (non-hydrogen) atoms. The number of carbonyl (C=O) groups is 2. The number of likely N-dealkylation sites (tertiary alicyclic amines) is 1. The van der Waals surface area contributed by atoms with Gasteiger partial charge in [-0.15, -0.1) is 0 Å². The highest BCUT2D eigenvalue weighted by Gasteiger charge is 2.50. The summed E-state index contributed by atoms with van der Waals surface area (Å²) in [5.41, 5.74) is -0.746. The van der Waals surface area contributed by atoms with Crippen LogP contribution in [0.3, 0.4) is 0 Å². The molecule has 0 spiro atoms. The van der Waals surface area contributed by atoms with Gasteiger partial charge in [-0.05, 0) is 50.7 Å². The monoisotopic (exact) mass is 434 g/mol. The van der Waals surface area contributed by atoms with E-state index < -0.39 is 16.6 Å². The van der Waals surface area contributed by atoms with Crippen molar-refractivity contribution in [2.75, 3.05) is 31.5 Å². The third-order valence-corrected chi connectivity index (χ3v) is 6.43. The van der Waals surface area contributed by atoms with Crippen LogP contribution in [0.1, 0.15) is 64.2 Å². The Bertz CT molecular complexity index is 832. The van der Waals surface area contributed by atoms with Gasteiger partial charge in [-0.25, -0.2) is 4.79 Å². The van der Waals surface area contributed by atoms with Crippen molar-refractivity contribution in [3.05, 3.63) is 33.9 Å². The van der Waals surface area contributed by atoms with Crippen LogP contribution in [0.2, 0.25) is 0 Å². The van der Waals surface area contributed by atoms with Gasteiger partial charge in [-0.2, -0.15) is 0 Å². The van der Waals surface area contributed by atoms with Crippen LogP contribution in [-0.4, -0.2) is 63.5 Å². The van der Waals surface area contributed by atoms with E-state index in [-0.39, 0.29) is 34.8 Å². The van der Waals surface area contributed by atoms with Gasteiger partial charge in [-0.1, -0.05) is 20.8 Å². The van der Waals surface area contributed by atoms with Crippen molar-refractivity contribution in [2.45, 2.75) is 59.4 Å². The molecule has 1 fully saturated rings. The number of rotatable bonds is 7. The summed E-state index contributed by atoms with van der Waals surface area (Å²) in [4.78, 5) is 38.9. The molecule has 2 amide bonds. The predicted octanol–water partition coefficient (Wildman–Crippen LogP) is 4.44. The number of anilines is 1. The highest BCUT2D eigenvalue weighted by molar-refractivity contribution is 5.95. The normalized spacial score (nSPS) is 19.1. The van der Waals surface area contributed by atoms with Crippen molar-refractivity contribution in [3.8, 4) is 0 Å². The highest BCUT2D eigenvalue weighted by atomic mass is 16.6. The van der Waals surface area contributed by atoms with Gasteiger partial charge in [0.2, 0.25) is 0 Å². The van der Waals surface area contributed by atoms with Crippen LogP contribution in [-0.2, 0) is 0 Å². The molecule has 1 saturated heterocycles. The van der Waals surface area contributed by atoms with E-state index in [2.05, 4.69) is 5.32 Å². The Morgan fingerprint density at radius 1 is 1.26 bits per heavy atom. The fourth-order valence-corrected chi connectivity index (χ4v) is 4.44. The van der Waals surface area contributed by atoms with Gasteiger partial charge in [0, 0.05) is 37.8 Å². The fourth-order valence-electron chi connectivity index (χ4n) is 4.44. The Morgan fingerprint density at radius 2 is 1.90 bits per heavy atom. The van der Waals surface area contributed by atoms with Crippen LogP contribution < -0.4 is 5.32 Å². The van der Waals surface area contributed by atoms with Gasteiger partial charge >= 0.3 is 6.09 Å². The summed E-state index contributed by atoms with van der Waals surface area (Å²) in [7, 11) is 0. The average Bonchev–Trinajstić information content (AvgIpc) is 2.72. The number of hydrogen-bond donors (Lipinski definition) is 2. The van der Waals surface area contributed by atoms with E-state index in [1.54, 1.807) is 17.0 Å². The molecule has 1 aromatic rings. The summed E-state index contributed by atoms with van der Waals surface area (Å²) in [6.07, 6.45) is 1.38. The van der Waals surface area contributed by atoms with Crippen molar-refractivity contribution in [1.82, 2.24) is 9.80 Å². The molecule has 1 aliphatic rings. The molecule has 0 bridgehead atoms. The number of benzene rings is 1. The van der Waals surface area contributed by atoms with Crippen LogP contribution in [0.4, 0.5) is 16.2 Å². The van der Waals surface area contributed by atoms with E-state index in [1.165, 1.54) is 11.0 Å². The first kappa shape index (κ1) is 24.4. The third kappa shape index (κ3) is 4.91. The molecule has 1 atom stereocenters. The van der Waals surface area contributed by atoms with Crippen molar-refractivity contribution < 1.29 is 19.6 Å². The molecule has 2 rings (SSSR count). The minimum atomic E-state index is -0.980. The first-order valence-electron chi connectivity index (χ1n) is 10.8. The second kappa shape index (κ2) is 9.53. The number of nitro groups is 1. The molecule has 0 aliphatic carbocycles. The summed E-state index contributed by atoms with van der Waals surface area (Å²) >= 11 is 0. The maximum atomic E-state index is 12.6. The van der Waals surface area contributed by atoms with E-state index in [0.717, 1.165) is 12.8 Å². The number of hydrogen-bond acceptors (Lipinski definition) is 5. The molecule has 1 aliphatic heterocycles. The number of carbonyl (C=O) groups excluding carboxylic acids is 1. The molecule has 1 heterocycles. The smallest absolute Gasteiger partial charge is 0.407 e. The third-order valence-electron chi connectivity index (χ3n) is 6.43. The van der Waals surface area contributed by atoms with Gasteiger partial charge in [0.1, 0.15) is 5.69 Å². The highest BCUT2D eigenvalue weighted by Crippen LogP contribution is 2.43. The molecule has 172 valence electrons. The van der Waals surface area contributed by atoms with Gasteiger partial charge in [-0.3, -0.25) is 14.9 Å². The largest absolute Gasteiger partial charge is 0.465 e. The van der Waals surface area contributed by atoms with E-state index in [1.807, 2.05) is 34.6 Å². The average molecular weight is 435 g/mol. The molecule has 9 nitrogen and oxygen atoms in total. The van der Waals surface area contributed by atoms with E-state index in [4.69, 9.17) is 0 Å². The summed E-state index contributed by atoms with van der Waals surface area (Å²) in [5.74, 6) is -0.254. The summed E-state index contributed by atoms with van der Waals surface area (Å²) in [6, 6.07) is 4.41. The Morgan fingerprint density at radius 3 is 2.42 bits per heavy atom. The lowest BCUT2D eigenvalue weighted by Gasteiger charge is -2.53. The van der Waals surface area contributed by atoms with E-state index in [9.17, 15) is 24.8 Å². The number of amides is 2. The first-order valence-corrected chi connectivity index (χ1v) is 10.8. The minimum Gasteiger partial charge on any atom is -0.465 e. The molecule has 2 N–H and O–H groups in total. The number of nitro benzene ring substituents is 1. The van der Waals surface area contributed by atoms with Crippen molar-refractivity contribution >= 4 is 23.4 Å². The van der Waals surface area contributed by atoms with Gasteiger partial charge in [0.15, 0.2) is 0 Å².